The molecule has 0 bridgehead atoms. The van der Waals surface area contributed by atoms with Crippen molar-refractivity contribution in [2.24, 2.45) is 0 Å². The van der Waals surface area contributed by atoms with Gasteiger partial charge in [0.1, 0.15) is 6.61 Å². The van der Waals surface area contributed by atoms with E-state index in [1.165, 1.54) is 13.8 Å². The molecule has 0 saturated heterocycles. The van der Waals surface area contributed by atoms with Gasteiger partial charge in [-0.1, -0.05) is 19.2 Å². The Kier molecular flexibility index (Phi) is 8.20. The number of rotatable bonds is 9. The molecule has 0 N–H and O–H groups in total. The summed E-state index contributed by atoms with van der Waals surface area (Å²) in [6.45, 7) is 13.8. The van der Waals surface area contributed by atoms with E-state index in [2.05, 4.69) is 19.7 Å². The van der Waals surface area contributed by atoms with Crippen molar-refractivity contribution in [3.8, 4) is 0 Å². The van der Waals surface area contributed by atoms with E-state index in [1.807, 2.05) is 0 Å². The summed E-state index contributed by atoms with van der Waals surface area (Å²) in [5, 5.41) is 0. The van der Waals surface area contributed by atoms with Gasteiger partial charge in [0.25, 0.3) is 0 Å². The van der Waals surface area contributed by atoms with Crippen LogP contribution in [-0.2, 0) is 23.8 Å². The number of ether oxygens (including phenoxy) is 3. The third-order valence-corrected chi connectivity index (χ3v) is 1.91. The predicted octanol–water partition coefficient (Wildman–Crippen LogP) is 1.80. The molecule has 0 aliphatic carbocycles. The monoisotopic (exact) mass is 268 g/mol. The van der Waals surface area contributed by atoms with Gasteiger partial charge in [-0.3, -0.25) is 0 Å². The number of carbonyl (C=O) groups excluding carboxylic acids is 2. The molecule has 0 heterocycles. The Morgan fingerprint density at radius 3 is 2.16 bits per heavy atom. The van der Waals surface area contributed by atoms with Gasteiger partial charge >= 0.3 is 11.9 Å². The molecule has 1 atom stereocenters. The lowest BCUT2D eigenvalue weighted by molar-refractivity contribution is -0.157. The van der Waals surface area contributed by atoms with Gasteiger partial charge < -0.3 is 14.2 Å². The zero-order valence-electron chi connectivity index (χ0n) is 11.4. The number of hydrogen-bond donors (Lipinski definition) is 0. The largest absolute Gasteiger partial charge is 0.458 e. The van der Waals surface area contributed by atoms with E-state index >= 15 is 0 Å². The maximum atomic E-state index is 11.4. The van der Waals surface area contributed by atoms with Crippen LogP contribution in [0.15, 0.2) is 37.0 Å². The van der Waals surface area contributed by atoms with Crippen LogP contribution in [0.2, 0.25) is 0 Å². The summed E-state index contributed by atoms with van der Waals surface area (Å²) in [7, 11) is 0. The summed E-state index contributed by atoms with van der Waals surface area (Å²) in [4.78, 5) is 22.7. The first kappa shape index (κ1) is 17.1. The highest BCUT2D eigenvalue weighted by Crippen LogP contribution is 2.03. The van der Waals surface area contributed by atoms with Gasteiger partial charge in [0, 0.05) is 11.1 Å². The smallest absolute Gasteiger partial charge is 0.333 e. The Morgan fingerprint density at radius 1 is 1.11 bits per heavy atom. The standard InChI is InChI=1S/C14H20O5/c1-6-7-17-8-12(19-14(16)11(4)5)9-18-13(15)10(2)3/h6,12H,1-2,4,7-9H2,3,5H3. The van der Waals surface area contributed by atoms with E-state index in [0.29, 0.717) is 6.61 Å². The molecule has 0 aliphatic rings. The third-order valence-electron chi connectivity index (χ3n) is 1.91. The fourth-order valence-corrected chi connectivity index (χ4v) is 0.943. The molecule has 0 aromatic carbocycles. The quantitative estimate of drug-likeness (QED) is 0.276. The Balaban J connectivity index is 4.35. The fraction of sp³-hybridized carbons (Fsp3) is 0.429. The summed E-state index contributed by atoms with van der Waals surface area (Å²) in [6.07, 6.45) is 0.879. The first-order chi connectivity index (χ1) is 8.88. The minimum Gasteiger partial charge on any atom is -0.458 e. The molecule has 19 heavy (non-hydrogen) atoms. The van der Waals surface area contributed by atoms with Crippen LogP contribution in [0.3, 0.4) is 0 Å². The second-order valence-corrected chi connectivity index (χ2v) is 4.01. The van der Waals surface area contributed by atoms with Crippen LogP contribution in [0.1, 0.15) is 13.8 Å². The molecule has 5 heteroatoms. The van der Waals surface area contributed by atoms with E-state index in [0.717, 1.165) is 0 Å². The molecule has 0 fully saturated rings. The minimum absolute atomic E-state index is 0.0954. The van der Waals surface area contributed by atoms with E-state index in [1.54, 1.807) is 6.08 Å². The minimum atomic E-state index is -0.688. The molecule has 0 aliphatic heterocycles. The second-order valence-electron chi connectivity index (χ2n) is 4.01. The van der Waals surface area contributed by atoms with Gasteiger partial charge in [0.15, 0.2) is 6.10 Å². The molecule has 5 nitrogen and oxygen atoms in total. The van der Waals surface area contributed by atoms with Crippen LogP contribution >= 0.6 is 0 Å². The Labute approximate surface area is 113 Å². The van der Waals surface area contributed by atoms with E-state index < -0.39 is 18.0 Å². The van der Waals surface area contributed by atoms with Crippen molar-refractivity contribution >= 4 is 11.9 Å². The molecule has 0 aromatic rings. The topological polar surface area (TPSA) is 61.8 Å². The summed E-state index contributed by atoms with van der Waals surface area (Å²) < 4.78 is 15.2. The lowest BCUT2D eigenvalue weighted by Gasteiger charge is -2.17. The molecule has 0 amide bonds. The van der Waals surface area contributed by atoms with Gasteiger partial charge in [-0.2, -0.15) is 0 Å². The maximum Gasteiger partial charge on any atom is 0.333 e. The van der Waals surface area contributed by atoms with Gasteiger partial charge in [-0.05, 0) is 13.8 Å². The van der Waals surface area contributed by atoms with Gasteiger partial charge in [-0.25, -0.2) is 9.59 Å². The highest BCUT2D eigenvalue weighted by molar-refractivity contribution is 5.87. The van der Waals surface area contributed by atoms with Crippen LogP contribution in [0.25, 0.3) is 0 Å². The lowest BCUT2D eigenvalue weighted by Crippen LogP contribution is -2.30. The molecular weight excluding hydrogens is 248 g/mol. The van der Waals surface area contributed by atoms with Crippen molar-refractivity contribution < 1.29 is 23.8 Å². The molecule has 0 aromatic heterocycles. The summed E-state index contributed by atoms with van der Waals surface area (Å²) >= 11 is 0. The Bertz CT molecular complexity index is 370. The average Bonchev–Trinajstić information content (AvgIpc) is 2.34. The van der Waals surface area contributed by atoms with E-state index in [9.17, 15) is 9.59 Å². The Morgan fingerprint density at radius 2 is 1.68 bits per heavy atom. The maximum absolute atomic E-state index is 11.4. The second kappa shape index (κ2) is 9.10. The van der Waals surface area contributed by atoms with Crippen molar-refractivity contribution in [2.45, 2.75) is 20.0 Å². The summed E-state index contributed by atoms with van der Waals surface area (Å²) in [5.41, 5.74) is 0.539. The van der Waals surface area contributed by atoms with Crippen LogP contribution in [0, 0.1) is 0 Å². The summed E-state index contributed by atoms with van der Waals surface area (Å²) in [6, 6.07) is 0. The van der Waals surface area contributed by atoms with Crippen molar-refractivity contribution in [2.75, 3.05) is 19.8 Å². The van der Waals surface area contributed by atoms with Crippen LogP contribution in [0.5, 0.6) is 0 Å². The van der Waals surface area contributed by atoms with E-state index in [4.69, 9.17) is 14.2 Å². The van der Waals surface area contributed by atoms with Crippen LogP contribution < -0.4 is 0 Å². The lowest BCUT2D eigenvalue weighted by atomic mass is 10.3. The molecule has 0 rings (SSSR count). The van der Waals surface area contributed by atoms with Gasteiger partial charge in [0.2, 0.25) is 0 Å². The molecular formula is C14H20O5. The van der Waals surface area contributed by atoms with Gasteiger partial charge in [0.05, 0.1) is 13.2 Å². The molecule has 106 valence electrons. The molecule has 0 radical (unpaired) electrons. The van der Waals surface area contributed by atoms with Crippen LogP contribution in [-0.4, -0.2) is 37.9 Å². The number of esters is 2. The molecule has 0 spiro atoms. The number of hydrogen-bond acceptors (Lipinski definition) is 5. The predicted molar refractivity (Wildman–Crippen MR) is 71.5 cm³/mol. The van der Waals surface area contributed by atoms with Gasteiger partial charge in [-0.15, -0.1) is 6.58 Å². The summed E-state index contributed by atoms with van der Waals surface area (Å²) in [5.74, 6) is -1.10. The zero-order valence-corrected chi connectivity index (χ0v) is 11.4. The van der Waals surface area contributed by atoms with Crippen molar-refractivity contribution in [1.29, 1.82) is 0 Å². The highest BCUT2D eigenvalue weighted by Gasteiger charge is 2.17. The highest BCUT2D eigenvalue weighted by atomic mass is 16.6. The number of carbonyl (C=O) groups is 2. The fourth-order valence-electron chi connectivity index (χ4n) is 0.943. The average molecular weight is 268 g/mol. The first-order valence-electron chi connectivity index (χ1n) is 5.76. The SMILES string of the molecule is C=CCOCC(COC(=O)C(=C)C)OC(=O)C(=C)C. The van der Waals surface area contributed by atoms with Crippen LogP contribution in [0.4, 0.5) is 0 Å². The van der Waals surface area contributed by atoms with Crippen molar-refractivity contribution in [3.63, 3.8) is 0 Å². The Hall–Kier alpha value is -1.88. The molecule has 1 unspecified atom stereocenters. The van der Waals surface area contributed by atoms with Crippen molar-refractivity contribution in [3.05, 3.63) is 37.0 Å². The van der Waals surface area contributed by atoms with E-state index in [-0.39, 0.29) is 24.4 Å². The molecule has 0 saturated carbocycles. The first-order valence-corrected chi connectivity index (χ1v) is 5.76. The third kappa shape index (κ3) is 7.94. The zero-order chi connectivity index (χ0) is 14.8. The normalized spacial score (nSPS) is 11.3. The van der Waals surface area contributed by atoms with Crippen molar-refractivity contribution in [1.82, 2.24) is 0 Å².